The monoisotopic (exact) mass is 680 g/mol. The Morgan fingerprint density at radius 2 is 0.479 bits per heavy atom. The minimum Gasteiger partial charge on any atom is -0.386 e. The van der Waals surface area contributed by atoms with E-state index in [1.807, 2.05) is 62.4 Å². The molecule has 0 unspecified atom stereocenters. The number of benzene rings is 6. The number of phosphoric ester groups is 2. The highest BCUT2D eigenvalue weighted by molar-refractivity contribution is 7.50. The first kappa shape index (κ1) is 33.9. The van der Waals surface area contributed by atoms with Gasteiger partial charge in [0, 0.05) is 0 Å². The number of hydrogen-bond donors (Lipinski definition) is 0. The summed E-state index contributed by atoms with van der Waals surface area (Å²) >= 11 is 0. The Morgan fingerprint density at radius 1 is 0.292 bits per heavy atom. The normalized spacial score (nSPS) is 10.9. The average Bonchev–Trinajstić information content (AvgIpc) is 3.11. The molecule has 6 aromatic rings. The lowest BCUT2D eigenvalue weighted by Crippen LogP contribution is -2.07. The summed E-state index contributed by atoms with van der Waals surface area (Å²) < 4.78 is 61.9. The third-order valence-electron chi connectivity index (χ3n) is 6.32. The van der Waals surface area contributed by atoms with Crippen LogP contribution in [0, 0.1) is 0 Å². The van der Waals surface area contributed by atoms with Gasteiger partial charge in [0.1, 0.15) is 34.5 Å². The predicted octanol–water partition coefficient (Wildman–Crippen LogP) is 11.7. The third kappa shape index (κ3) is 9.79. The molecule has 0 bridgehead atoms. The lowest BCUT2D eigenvalue weighted by molar-refractivity contribution is 0.296. The first-order valence-electron chi connectivity index (χ1n) is 15.2. The maximum Gasteiger partial charge on any atom is 0.647 e. The van der Waals surface area contributed by atoms with E-state index in [9.17, 15) is 9.13 Å². The molecule has 10 heteroatoms. The first-order valence-corrected chi connectivity index (χ1v) is 18.1. The van der Waals surface area contributed by atoms with E-state index in [0.717, 1.165) is 11.1 Å². The first-order chi connectivity index (χ1) is 23.4. The van der Waals surface area contributed by atoms with E-state index < -0.39 is 15.6 Å². The Balaban J connectivity index is 0.00000221. The van der Waals surface area contributed by atoms with E-state index in [2.05, 4.69) is 0 Å². The quantitative estimate of drug-likeness (QED) is 0.111. The van der Waals surface area contributed by atoms with Crippen LogP contribution in [0.15, 0.2) is 170 Å². The molecule has 0 fully saturated rings. The van der Waals surface area contributed by atoms with Gasteiger partial charge in [0.2, 0.25) is 0 Å². The summed E-state index contributed by atoms with van der Waals surface area (Å²) in [5.74, 6) is 1.94. The van der Waals surface area contributed by atoms with Crippen molar-refractivity contribution in [2.45, 2.75) is 13.8 Å². The number of phosphoric acid groups is 2. The molecule has 0 saturated heterocycles. The highest BCUT2D eigenvalue weighted by atomic mass is 31.2. The van der Waals surface area contributed by atoms with Crippen molar-refractivity contribution in [2.24, 2.45) is 0 Å². The zero-order valence-electron chi connectivity index (χ0n) is 26.3. The molecule has 0 aromatic heterocycles. The summed E-state index contributed by atoms with van der Waals surface area (Å²) in [6.07, 6.45) is 0. The summed E-state index contributed by atoms with van der Waals surface area (Å²) in [7, 11) is -8.23. The van der Waals surface area contributed by atoms with Crippen molar-refractivity contribution in [3.63, 3.8) is 0 Å². The van der Waals surface area contributed by atoms with Gasteiger partial charge >= 0.3 is 15.6 Å². The number of hydrogen-bond acceptors (Lipinski definition) is 8. The predicted molar refractivity (Wildman–Crippen MR) is 188 cm³/mol. The molecule has 0 spiro atoms. The zero-order chi connectivity index (χ0) is 33.7. The van der Waals surface area contributed by atoms with Crippen LogP contribution in [-0.2, 0) is 9.13 Å². The second-order valence-corrected chi connectivity index (χ2v) is 12.6. The molecule has 0 aliphatic carbocycles. The Kier molecular flexibility index (Phi) is 11.6. The Hall–Kier alpha value is -5.42. The van der Waals surface area contributed by atoms with E-state index in [1.165, 1.54) is 0 Å². The fraction of sp³-hybridized carbons (Fsp3) is 0.0526. The second kappa shape index (κ2) is 16.4. The van der Waals surface area contributed by atoms with Crippen LogP contribution in [0.3, 0.4) is 0 Å². The van der Waals surface area contributed by atoms with E-state index in [-0.39, 0.29) is 11.5 Å². The van der Waals surface area contributed by atoms with Crippen LogP contribution in [0.1, 0.15) is 13.8 Å². The summed E-state index contributed by atoms with van der Waals surface area (Å²) in [5, 5.41) is 0. The standard InChI is InChI=1S/C36H28O8P2.C2H6/c37-45(39-31-13-5-1-6-14-31,40-32-15-7-2-8-16-32)43-35-25-21-29(22-26-35)30-23-27-36(28-24-30)44-46(38,41-33-17-9-3-10-18-33)42-34-19-11-4-12-20-34;1-2/h1-28H;1-2H3. The molecule has 0 radical (unpaired) electrons. The molecule has 0 N–H and O–H groups in total. The molecule has 0 aliphatic heterocycles. The highest BCUT2D eigenvalue weighted by Gasteiger charge is 2.34. The van der Waals surface area contributed by atoms with Crippen LogP contribution in [0.4, 0.5) is 0 Å². The Labute approximate surface area is 280 Å². The summed E-state index contributed by atoms with van der Waals surface area (Å²) in [5.41, 5.74) is 1.68. The lowest BCUT2D eigenvalue weighted by Gasteiger charge is -2.20. The molecule has 48 heavy (non-hydrogen) atoms. The van der Waals surface area contributed by atoms with Gasteiger partial charge in [-0.15, -0.1) is 0 Å². The van der Waals surface area contributed by atoms with Crippen LogP contribution in [0.25, 0.3) is 11.1 Å². The SMILES string of the molecule is CC.O=P(Oc1ccccc1)(Oc1ccccc1)Oc1ccc(-c2ccc(OP(=O)(Oc3ccccc3)Oc3ccccc3)cc2)cc1. The summed E-state index contributed by atoms with van der Waals surface area (Å²) in [6.45, 7) is 4.00. The molecule has 0 heterocycles. The Bertz CT molecular complexity index is 1690. The molecule has 8 nitrogen and oxygen atoms in total. The smallest absolute Gasteiger partial charge is 0.386 e. The van der Waals surface area contributed by atoms with Crippen LogP contribution < -0.4 is 27.1 Å². The molecule has 0 atom stereocenters. The van der Waals surface area contributed by atoms with Gasteiger partial charge < -0.3 is 27.1 Å². The lowest BCUT2D eigenvalue weighted by atomic mass is 10.1. The number of rotatable bonds is 13. The maximum atomic E-state index is 13.7. The Morgan fingerprint density at radius 3 is 0.688 bits per heavy atom. The van der Waals surface area contributed by atoms with Crippen molar-refractivity contribution in [1.29, 1.82) is 0 Å². The van der Waals surface area contributed by atoms with Crippen molar-refractivity contribution in [3.8, 4) is 45.6 Å². The van der Waals surface area contributed by atoms with Gasteiger partial charge in [-0.25, -0.2) is 0 Å². The van der Waals surface area contributed by atoms with E-state index >= 15 is 0 Å². The topological polar surface area (TPSA) is 89.5 Å². The molecule has 6 rings (SSSR count). The molecular formula is C38H34O8P2. The summed E-state index contributed by atoms with van der Waals surface area (Å²) in [4.78, 5) is 0. The fourth-order valence-corrected chi connectivity index (χ4v) is 6.73. The third-order valence-corrected chi connectivity index (χ3v) is 8.92. The maximum absolute atomic E-state index is 13.7. The minimum atomic E-state index is -4.12. The molecule has 0 amide bonds. The van der Waals surface area contributed by atoms with Gasteiger partial charge in [-0.3, -0.25) is 0 Å². The molecule has 0 aliphatic rings. The minimum absolute atomic E-state index is 0.288. The molecule has 6 aromatic carbocycles. The van der Waals surface area contributed by atoms with Gasteiger partial charge in [-0.05, 0) is 83.9 Å². The largest absolute Gasteiger partial charge is 0.647 e. The van der Waals surface area contributed by atoms with Crippen molar-refractivity contribution in [1.82, 2.24) is 0 Å². The van der Waals surface area contributed by atoms with Gasteiger partial charge in [0.25, 0.3) is 0 Å². The van der Waals surface area contributed by atoms with E-state index in [0.29, 0.717) is 23.0 Å². The molecular weight excluding hydrogens is 646 g/mol. The van der Waals surface area contributed by atoms with Crippen molar-refractivity contribution >= 4 is 15.6 Å². The van der Waals surface area contributed by atoms with Gasteiger partial charge in [-0.1, -0.05) is 111 Å². The van der Waals surface area contributed by atoms with Crippen molar-refractivity contribution in [3.05, 3.63) is 170 Å². The van der Waals surface area contributed by atoms with Crippen molar-refractivity contribution in [2.75, 3.05) is 0 Å². The number of para-hydroxylation sites is 4. The molecule has 0 saturated carbocycles. The van der Waals surface area contributed by atoms with Crippen LogP contribution in [0.5, 0.6) is 34.5 Å². The van der Waals surface area contributed by atoms with Crippen LogP contribution in [0.2, 0.25) is 0 Å². The second-order valence-electron chi connectivity index (χ2n) is 9.74. The van der Waals surface area contributed by atoms with E-state index in [4.69, 9.17) is 27.1 Å². The van der Waals surface area contributed by atoms with E-state index in [1.54, 1.807) is 121 Å². The fourth-order valence-electron chi connectivity index (χ4n) is 4.23. The van der Waals surface area contributed by atoms with Crippen LogP contribution in [-0.4, -0.2) is 0 Å². The zero-order valence-corrected chi connectivity index (χ0v) is 28.1. The van der Waals surface area contributed by atoms with Gasteiger partial charge in [0.15, 0.2) is 0 Å². The summed E-state index contributed by atoms with van der Waals surface area (Å²) in [6, 6.07) is 48.7. The van der Waals surface area contributed by atoms with Crippen LogP contribution >= 0.6 is 15.6 Å². The van der Waals surface area contributed by atoms with Gasteiger partial charge in [0.05, 0.1) is 0 Å². The van der Waals surface area contributed by atoms with Crippen molar-refractivity contribution < 1.29 is 36.3 Å². The molecule has 244 valence electrons. The highest BCUT2D eigenvalue weighted by Crippen LogP contribution is 2.51. The average molecular weight is 681 g/mol. The van der Waals surface area contributed by atoms with Gasteiger partial charge in [-0.2, -0.15) is 9.13 Å².